The number of hydrogen-bond acceptors (Lipinski definition) is 2. The van der Waals surface area contributed by atoms with E-state index in [1.54, 1.807) is 0 Å². The van der Waals surface area contributed by atoms with Crippen molar-refractivity contribution in [3.05, 3.63) is 35.5 Å². The minimum atomic E-state index is 0.482. The largest absolute Gasteiger partial charge is 0.346 e. The summed E-state index contributed by atoms with van der Waals surface area (Å²) >= 11 is 0. The van der Waals surface area contributed by atoms with E-state index in [9.17, 15) is 0 Å². The van der Waals surface area contributed by atoms with E-state index < -0.39 is 0 Å². The van der Waals surface area contributed by atoms with E-state index in [1.807, 2.05) is 0 Å². The molecule has 0 spiro atoms. The van der Waals surface area contributed by atoms with Gasteiger partial charge in [-0.3, -0.25) is 4.90 Å². The molecule has 96 valence electrons. The number of hydrogen-bond donors (Lipinski definition) is 1. The second-order valence-electron chi connectivity index (χ2n) is 5.34. The minimum absolute atomic E-state index is 0.482. The molecular formula is C15H21N3. The lowest BCUT2D eigenvalue weighted by Crippen LogP contribution is -2.44. The van der Waals surface area contributed by atoms with Crippen LogP contribution in [0.4, 0.5) is 0 Å². The predicted molar refractivity (Wildman–Crippen MR) is 75.9 cm³/mol. The molecule has 3 nitrogen and oxygen atoms in total. The molecular weight excluding hydrogens is 222 g/mol. The van der Waals surface area contributed by atoms with Crippen molar-refractivity contribution in [1.29, 1.82) is 0 Å². The van der Waals surface area contributed by atoms with Crippen LogP contribution in [0.5, 0.6) is 0 Å². The van der Waals surface area contributed by atoms with Gasteiger partial charge in [-0.2, -0.15) is 0 Å². The molecule has 1 aromatic heterocycles. The average molecular weight is 243 g/mol. The fourth-order valence-corrected chi connectivity index (χ4v) is 3.10. The molecule has 0 radical (unpaired) electrons. The number of para-hydroxylation sites is 1. The Balaban J connectivity index is 2.12. The Morgan fingerprint density at radius 2 is 2.11 bits per heavy atom. The van der Waals surface area contributed by atoms with Crippen molar-refractivity contribution >= 4 is 10.9 Å². The van der Waals surface area contributed by atoms with Crippen molar-refractivity contribution in [1.82, 2.24) is 14.8 Å². The molecule has 1 aromatic carbocycles. The van der Waals surface area contributed by atoms with Gasteiger partial charge in [0.05, 0.1) is 11.6 Å². The Morgan fingerprint density at radius 1 is 1.28 bits per heavy atom. The van der Waals surface area contributed by atoms with Crippen molar-refractivity contribution < 1.29 is 0 Å². The van der Waals surface area contributed by atoms with Crippen LogP contribution in [0.1, 0.15) is 17.3 Å². The number of nitrogens with zero attached hydrogens (tertiary/aromatic N) is 2. The molecule has 18 heavy (non-hydrogen) atoms. The van der Waals surface area contributed by atoms with Crippen LogP contribution in [0.2, 0.25) is 0 Å². The Hall–Kier alpha value is -1.32. The fourth-order valence-electron chi connectivity index (χ4n) is 3.10. The van der Waals surface area contributed by atoms with Crippen molar-refractivity contribution in [2.75, 3.05) is 26.7 Å². The molecule has 1 atom stereocenters. The van der Waals surface area contributed by atoms with E-state index in [-0.39, 0.29) is 0 Å². The summed E-state index contributed by atoms with van der Waals surface area (Å²) in [5, 5.41) is 4.85. The van der Waals surface area contributed by atoms with E-state index in [4.69, 9.17) is 0 Å². The smallest absolute Gasteiger partial charge is 0.0624 e. The number of aromatic nitrogens is 1. The maximum atomic E-state index is 3.49. The molecule has 0 bridgehead atoms. The summed E-state index contributed by atoms with van der Waals surface area (Å²) in [5.41, 5.74) is 4.13. The van der Waals surface area contributed by atoms with Crippen LogP contribution < -0.4 is 5.32 Å². The van der Waals surface area contributed by atoms with E-state index in [1.165, 1.54) is 22.2 Å². The predicted octanol–water partition coefficient (Wildman–Crippen LogP) is 2.06. The number of aryl methyl sites for hydroxylation is 2. The molecule has 1 aliphatic heterocycles. The zero-order valence-electron chi connectivity index (χ0n) is 11.4. The summed E-state index contributed by atoms with van der Waals surface area (Å²) < 4.78 is 2.36. The van der Waals surface area contributed by atoms with Crippen molar-refractivity contribution in [3.63, 3.8) is 0 Å². The van der Waals surface area contributed by atoms with Gasteiger partial charge in [0.25, 0.3) is 0 Å². The van der Waals surface area contributed by atoms with Crippen molar-refractivity contribution in [2.45, 2.75) is 13.0 Å². The van der Waals surface area contributed by atoms with E-state index >= 15 is 0 Å². The number of fused-ring (bicyclic) bond motifs is 1. The van der Waals surface area contributed by atoms with Gasteiger partial charge in [0, 0.05) is 37.8 Å². The van der Waals surface area contributed by atoms with Gasteiger partial charge >= 0.3 is 0 Å². The summed E-state index contributed by atoms with van der Waals surface area (Å²) in [6, 6.07) is 9.37. The van der Waals surface area contributed by atoms with Crippen LogP contribution in [0.3, 0.4) is 0 Å². The van der Waals surface area contributed by atoms with Gasteiger partial charge in [-0.25, -0.2) is 0 Å². The molecule has 3 rings (SSSR count). The Bertz CT molecular complexity index is 570. The van der Waals surface area contributed by atoms with E-state index in [0.717, 1.165) is 19.6 Å². The second kappa shape index (κ2) is 4.41. The van der Waals surface area contributed by atoms with Crippen LogP contribution in [0.25, 0.3) is 10.9 Å². The highest BCUT2D eigenvalue weighted by atomic mass is 15.2. The van der Waals surface area contributed by atoms with Crippen LogP contribution >= 0.6 is 0 Å². The zero-order chi connectivity index (χ0) is 12.7. The quantitative estimate of drug-likeness (QED) is 0.827. The molecule has 2 heterocycles. The molecule has 1 aliphatic rings. The van der Waals surface area contributed by atoms with Gasteiger partial charge in [-0.1, -0.05) is 18.2 Å². The standard InChI is InChI=1S/C15H21N3/c1-11-5-4-6-12-9-13(18(3)15(11)12)14-10-16-7-8-17(14)2/h4-6,9,14,16H,7-8,10H2,1-3H3. The Morgan fingerprint density at radius 3 is 2.83 bits per heavy atom. The lowest BCUT2D eigenvalue weighted by atomic mass is 10.1. The molecule has 1 N–H and O–H groups in total. The monoisotopic (exact) mass is 243 g/mol. The molecule has 0 aliphatic carbocycles. The summed E-state index contributed by atoms with van der Waals surface area (Å²) in [4.78, 5) is 2.44. The van der Waals surface area contributed by atoms with Gasteiger partial charge in [0.15, 0.2) is 0 Å². The number of likely N-dealkylation sites (N-methyl/N-ethyl adjacent to an activating group) is 1. The number of benzene rings is 1. The highest BCUT2D eigenvalue weighted by Crippen LogP contribution is 2.28. The molecule has 0 saturated carbocycles. The summed E-state index contributed by atoms with van der Waals surface area (Å²) in [5.74, 6) is 0. The number of piperazine rings is 1. The Kier molecular flexibility index (Phi) is 2.88. The summed E-state index contributed by atoms with van der Waals surface area (Å²) in [6.07, 6.45) is 0. The highest BCUT2D eigenvalue weighted by Gasteiger charge is 2.23. The van der Waals surface area contributed by atoms with Gasteiger partial charge < -0.3 is 9.88 Å². The summed E-state index contributed by atoms with van der Waals surface area (Å²) in [6.45, 7) is 5.44. The van der Waals surface area contributed by atoms with Gasteiger partial charge in [-0.05, 0) is 25.6 Å². The summed E-state index contributed by atoms with van der Waals surface area (Å²) in [7, 11) is 4.41. The maximum absolute atomic E-state index is 3.49. The molecule has 1 fully saturated rings. The minimum Gasteiger partial charge on any atom is -0.346 e. The molecule has 0 amide bonds. The third kappa shape index (κ3) is 1.74. The van der Waals surface area contributed by atoms with E-state index in [0.29, 0.717) is 6.04 Å². The SMILES string of the molecule is Cc1cccc2cc(C3CNCCN3C)n(C)c12. The third-order valence-corrected chi connectivity index (χ3v) is 4.15. The first-order valence-electron chi connectivity index (χ1n) is 6.64. The van der Waals surface area contributed by atoms with Gasteiger partial charge in [0.2, 0.25) is 0 Å². The van der Waals surface area contributed by atoms with Crippen LogP contribution in [0, 0.1) is 6.92 Å². The molecule has 3 heteroatoms. The zero-order valence-corrected chi connectivity index (χ0v) is 11.4. The van der Waals surface area contributed by atoms with Crippen LogP contribution in [0.15, 0.2) is 24.3 Å². The number of rotatable bonds is 1. The Labute approximate surface area is 108 Å². The number of nitrogens with one attached hydrogen (secondary N) is 1. The fraction of sp³-hybridized carbons (Fsp3) is 0.467. The molecule has 1 unspecified atom stereocenters. The topological polar surface area (TPSA) is 20.2 Å². The lowest BCUT2D eigenvalue weighted by Gasteiger charge is -2.33. The third-order valence-electron chi connectivity index (χ3n) is 4.15. The van der Waals surface area contributed by atoms with Crippen molar-refractivity contribution in [3.8, 4) is 0 Å². The first-order valence-corrected chi connectivity index (χ1v) is 6.64. The van der Waals surface area contributed by atoms with Gasteiger partial charge in [-0.15, -0.1) is 0 Å². The second-order valence-corrected chi connectivity index (χ2v) is 5.34. The normalized spacial score (nSPS) is 21.6. The van der Waals surface area contributed by atoms with Crippen molar-refractivity contribution in [2.24, 2.45) is 7.05 Å². The van der Waals surface area contributed by atoms with Gasteiger partial charge in [0.1, 0.15) is 0 Å². The van der Waals surface area contributed by atoms with Crippen LogP contribution in [-0.2, 0) is 7.05 Å². The molecule has 2 aromatic rings. The lowest BCUT2D eigenvalue weighted by molar-refractivity contribution is 0.196. The maximum Gasteiger partial charge on any atom is 0.0624 e. The van der Waals surface area contributed by atoms with E-state index in [2.05, 4.69) is 60.1 Å². The van der Waals surface area contributed by atoms with Crippen LogP contribution in [-0.4, -0.2) is 36.1 Å². The first kappa shape index (κ1) is 11.8. The highest BCUT2D eigenvalue weighted by molar-refractivity contribution is 5.84. The average Bonchev–Trinajstić information content (AvgIpc) is 2.69. The molecule has 1 saturated heterocycles. The first-order chi connectivity index (χ1) is 8.68.